The first-order valence-corrected chi connectivity index (χ1v) is 11.5. The molecule has 2 saturated heterocycles. The molecule has 25 heavy (non-hydrogen) atoms. The van der Waals surface area contributed by atoms with E-state index in [1.807, 2.05) is 4.90 Å². The molecule has 1 aliphatic carbocycles. The molecule has 0 radical (unpaired) electrons. The Kier molecular flexibility index (Phi) is 5.20. The van der Waals surface area contributed by atoms with Crippen LogP contribution in [0.3, 0.4) is 0 Å². The predicted octanol–water partition coefficient (Wildman–Crippen LogP) is 3.12. The van der Waals surface area contributed by atoms with Crippen LogP contribution in [0.2, 0.25) is 0 Å². The molecule has 0 saturated carbocycles. The number of rotatable bonds is 3. The highest BCUT2D eigenvalue weighted by atomic mass is 32.2. The maximum absolute atomic E-state index is 12.7. The Bertz CT molecular complexity index is 654. The van der Waals surface area contributed by atoms with E-state index in [0.29, 0.717) is 19.5 Å². The van der Waals surface area contributed by atoms with Crippen molar-refractivity contribution in [1.29, 1.82) is 0 Å². The van der Waals surface area contributed by atoms with Gasteiger partial charge in [-0.3, -0.25) is 0 Å². The lowest BCUT2D eigenvalue weighted by Gasteiger charge is -2.40. The van der Waals surface area contributed by atoms with E-state index in [-0.39, 0.29) is 28.4 Å². The van der Waals surface area contributed by atoms with Crippen LogP contribution < -0.4 is 5.32 Å². The van der Waals surface area contributed by atoms with Crippen molar-refractivity contribution in [1.82, 2.24) is 10.2 Å². The Morgan fingerprint density at radius 3 is 2.72 bits per heavy atom. The second-order valence-electron chi connectivity index (χ2n) is 8.88. The molecule has 1 N–H and O–H groups in total. The van der Waals surface area contributed by atoms with Crippen LogP contribution in [0.15, 0.2) is 11.6 Å². The molecule has 2 amide bonds. The fourth-order valence-electron chi connectivity index (χ4n) is 4.66. The molecule has 5 nitrogen and oxygen atoms in total. The first kappa shape index (κ1) is 18.7. The summed E-state index contributed by atoms with van der Waals surface area (Å²) in [7, 11) is -2.92. The van der Waals surface area contributed by atoms with Crippen molar-refractivity contribution in [2.45, 2.75) is 58.8 Å². The summed E-state index contributed by atoms with van der Waals surface area (Å²) >= 11 is 0. The van der Waals surface area contributed by atoms with Crippen molar-refractivity contribution in [3.63, 3.8) is 0 Å². The molecule has 3 aliphatic rings. The van der Waals surface area contributed by atoms with Gasteiger partial charge in [-0.15, -0.1) is 0 Å². The Balaban J connectivity index is 1.57. The number of likely N-dealkylation sites (tertiary alicyclic amines) is 1. The molecular weight excluding hydrogens is 336 g/mol. The van der Waals surface area contributed by atoms with Gasteiger partial charge < -0.3 is 10.2 Å². The zero-order chi connectivity index (χ0) is 18.1. The molecule has 2 heterocycles. The lowest BCUT2D eigenvalue weighted by Crippen LogP contribution is -2.51. The standard InChI is InChI=1S/C19H32N2O3S/c1-18(2,16-7-4-3-5-8-16)13-20-17(22)21-11-6-9-19(14-21)10-12-25(23,24)15-19/h7H,3-6,8-15H2,1-2H3,(H,20,22). The van der Waals surface area contributed by atoms with Gasteiger partial charge in [0.05, 0.1) is 11.5 Å². The van der Waals surface area contributed by atoms with Gasteiger partial charge in [-0.05, 0) is 44.9 Å². The molecule has 3 rings (SSSR count). The summed E-state index contributed by atoms with van der Waals surface area (Å²) in [6.07, 6.45) is 9.67. The topological polar surface area (TPSA) is 66.5 Å². The minimum atomic E-state index is -2.92. The van der Waals surface area contributed by atoms with E-state index in [1.165, 1.54) is 18.4 Å². The molecule has 2 aliphatic heterocycles. The quantitative estimate of drug-likeness (QED) is 0.778. The zero-order valence-electron chi connectivity index (χ0n) is 15.6. The smallest absolute Gasteiger partial charge is 0.317 e. The van der Waals surface area contributed by atoms with Crippen LogP contribution in [0, 0.1) is 10.8 Å². The molecule has 142 valence electrons. The molecule has 1 atom stereocenters. The summed E-state index contributed by atoms with van der Waals surface area (Å²) in [5.74, 6) is 0.534. The number of carbonyl (C=O) groups is 1. The lowest BCUT2D eigenvalue weighted by atomic mass is 9.78. The van der Waals surface area contributed by atoms with Gasteiger partial charge in [0.25, 0.3) is 0 Å². The second kappa shape index (κ2) is 6.93. The van der Waals surface area contributed by atoms with Gasteiger partial charge in [-0.1, -0.05) is 25.5 Å². The van der Waals surface area contributed by atoms with Gasteiger partial charge in [0.1, 0.15) is 0 Å². The van der Waals surface area contributed by atoms with Crippen LogP contribution in [0.1, 0.15) is 58.8 Å². The largest absolute Gasteiger partial charge is 0.337 e. The van der Waals surface area contributed by atoms with E-state index in [9.17, 15) is 13.2 Å². The Hall–Kier alpha value is -1.04. The lowest BCUT2D eigenvalue weighted by molar-refractivity contribution is 0.120. The third-order valence-corrected chi connectivity index (χ3v) is 8.14. The number of nitrogens with zero attached hydrogens (tertiary/aromatic N) is 1. The van der Waals surface area contributed by atoms with Crippen molar-refractivity contribution < 1.29 is 13.2 Å². The van der Waals surface area contributed by atoms with Crippen molar-refractivity contribution in [3.05, 3.63) is 11.6 Å². The molecule has 0 bridgehead atoms. The van der Waals surface area contributed by atoms with E-state index in [4.69, 9.17) is 0 Å². The zero-order valence-corrected chi connectivity index (χ0v) is 16.5. The number of piperidine rings is 1. The maximum atomic E-state index is 12.7. The highest BCUT2D eigenvalue weighted by molar-refractivity contribution is 7.91. The van der Waals surface area contributed by atoms with Crippen LogP contribution in [-0.4, -0.2) is 50.5 Å². The third-order valence-electron chi connectivity index (χ3n) is 6.26. The monoisotopic (exact) mass is 368 g/mol. The predicted molar refractivity (Wildman–Crippen MR) is 100 cm³/mol. The Labute approximate surface area is 152 Å². The highest BCUT2D eigenvalue weighted by Crippen LogP contribution is 2.40. The maximum Gasteiger partial charge on any atom is 0.317 e. The van der Waals surface area contributed by atoms with E-state index in [0.717, 1.165) is 32.2 Å². The Morgan fingerprint density at radius 1 is 1.28 bits per heavy atom. The number of hydrogen-bond acceptors (Lipinski definition) is 3. The van der Waals surface area contributed by atoms with Gasteiger partial charge in [0.2, 0.25) is 0 Å². The molecule has 0 aromatic rings. The number of hydrogen-bond donors (Lipinski definition) is 1. The number of allylic oxidation sites excluding steroid dienone is 1. The average Bonchev–Trinajstić information content (AvgIpc) is 2.88. The molecule has 1 unspecified atom stereocenters. The van der Waals surface area contributed by atoms with Crippen molar-refractivity contribution in [3.8, 4) is 0 Å². The number of amides is 2. The Morgan fingerprint density at radius 2 is 2.08 bits per heavy atom. The summed E-state index contributed by atoms with van der Waals surface area (Å²) in [4.78, 5) is 14.5. The molecule has 6 heteroatoms. The fourth-order valence-corrected chi connectivity index (χ4v) is 6.86. The molecular formula is C19H32N2O3S. The third kappa shape index (κ3) is 4.39. The number of nitrogens with one attached hydrogen (secondary N) is 1. The number of sulfone groups is 1. The number of carbonyl (C=O) groups excluding carboxylic acids is 1. The van der Waals surface area contributed by atoms with Crippen LogP contribution >= 0.6 is 0 Å². The first-order valence-electron chi connectivity index (χ1n) is 9.64. The summed E-state index contributed by atoms with van der Waals surface area (Å²) in [6, 6.07) is -0.0344. The van der Waals surface area contributed by atoms with Crippen molar-refractivity contribution in [2.24, 2.45) is 10.8 Å². The van der Waals surface area contributed by atoms with Gasteiger partial charge in [0, 0.05) is 30.5 Å². The summed E-state index contributed by atoms with van der Waals surface area (Å²) in [5, 5.41) is 3.11. The molecule has 1 spiro atoms. The van der Waals surface area contributed by atoms with Crippen LogP contribution in [0.25, 0.3) is 0 Å². The van der Waals surface area contributed by atoms with E-state index in [2.05, 4.69) is 25.2 Å². The SMILES string of the molecule is CC(C)(CNC(=O)N1CCCC2(CCS(=O)(=O)C2)C1)C1=CCCCC1. The van der Waals surface area contributed by atoms with E-state index >= 15 is 0 Å². The van der Waals surface area contributed by atoms with Crippen LogP contribution in [0.5, 0.6) is 0 Å². The molecule has 0 aromatic carbocycles. The minimum absolute atomic E-state index is 0.0136. The van der Waals surface area contributed by atoms with Gasteiger partial charge in [-0.2, -0.15) is 0 Å². The number of urea groups is 1. The summed E-state index contributed by atoms with van der Waals surface area (Å²) in [6.45, 7) is 6.36. The second-order valence-corrected chi connectivity index (χ2v) is 11.1. The van der Waals surface area contributed by atoms with E-state index < -0.39 is 9.84 Å². The van der Waals surface area contributed by atoms with Crippen LogP contribution in [-0.2, 0) is 9.84 Å². The van der Waals surface area contributed by atoms with Gasteiger partial charge in [0.15, 0.2) is 9.84 Å². The first-order chi connectivity index (χ1) is 11.7. The van der Waals surface area contributed by atoms with Crippen molar-refractivity contribution >= 4 is 15.9 Å². The normalized spacial score (nSPS) is 29.5. The van der Waals surface area contributed by atoms with Crippen LogP contribution in [0.4, 0.5) is 4.79 Å². The average molecular weight is 369 g/mol. The van der Waals surface area contributed by atoms with Crippen molar-refractivity contribution in [2.75, 3.05) is 31.1 Å². The summed E-state index contributed by atoms with van der Waals surface area (Å²) < 4.78 is 23.8. The van der Waals surface area contributed by atoms with Gasteiger partial charge in [-0.25, -0.2) is 13.2 Å². The fraction of sp³-hybridized carbons (Fsp3) is 0.842. The highest BCUT2D eigenvalue weighted by Gasteiger charge is 2.45. The molecule has 2 fully saturated rings. The molecule has 0 aromatic heterocycles. The van der Waals surface area contributed by atoms with E-state index in [1.54, 1.807) is 0 Å². The summed E-state index contributed by atoms with van der Waals surface area (Å²) in [5.41, 5.74) is 1.24. The minimum Gasteiger partial charge on any atom is -0.337 e. The van der Waals surface area contributed by atoms with Gasteiger partial charge >= 0.3 is 6.03 Å².